The number of nitrogens with one attached hydrogen (secondary N) is 1. The summed E-state index contributed by atoms with van der Waals surface area (Å²) in [6.45, 7) is 0. The van der Waals surface area contributed by atoms with Gasteiger partial charge in [-0.2, -0.15) is 0 Å². The van der Waals surface area contributed by atoms with Crippen molar-refractivity contribution in [2.75, 3.05) is 28.4 Å². The molecule has 0 aliphatic carbocycles. The van der Waals surface area contributed by atoms with Crippen molar-refractivity contribution in [1.29, 1.82) is 0 Å². The van der Waals surface area contributed by atoms with Gasteiger partial charge in [0.1, 0.15) is 0 Å². The fourth-order valence-electron chi connectivity index (χ4n) is 2.69. The summed E-state index contributed by atoms with van der Waals surface area (Å²) in [7, 11) is 5.79. The molecule has 1 amide bonds. The molecule has 28 heavy (non-hydrogen) atoms. The largest absolute Gasteiger partial charge is 0.493 e. The number of hydrogen-bond donors (Lipinski definition) is 1. The van der Waals surface area contributed by atoms with Gasteiger partial charge >= 0.3 is 5.97 Å². The number of amides is 1. The number of methoxy groups -OCH3 is 4. The predicted octanol–water partition coefficient (Wildman–Crippen LogP) is 3.05. The third-order valence-corrected chi connectivity index (χ3v) is 4.56. The quantitative estimate of drug-likeness (QED) is 0.621. The molecule has 0 radical (unpaired) electrons. The third kappa shape index (κ3) is 5.16. The van der Waals surface area contributed by atoms with Crippen LogP contribution in [-0.2, 0) is 20.7 Å². The first kappa shape index (κ1) is 21.6. The van der Waals surface area contributed by atoms with Gasteiger partial charge < -0.3 is 24.3 Å². The van der Waals surface area contributed by atoms with Crippen LogP contribution >= 0.6 is 15.9 Å². The number of carbonyl (C=O) groups excluding carboxylic acids is 2. The molecule has 7 nitrogen and oxygen atoms in total. The van der Waals surface area contributed by atoms with Crippen molar-refractivity contribution in [1.82, 2.24) is 5.32 Å². The molecule has 2 rings (SSSR count). The molecule has 2 aromatic carbocycles. The maximum atomic E-state index is 12.6. The van der Waals surface area contributed by atoms with Crippen LogP contribution in [0, 0.1) is 0 Å². The van der Waals surface area contributed by atoms with Gasteiger partial charge in [-0.15, -0.1) is 0 Å². The molecule has 0 heterocycles. The lowest BCUT2D eigenvalue weighted by molar-refractivity contribution is -0.145. The van der Waals surface area contributed by atoms with E-state index in [1.807, 2.05) is 0 Å². The van der Waals surface area contributed by atoms with Gasteiger partial charge in [0.15, 0.2) is 17.5 Å². The van der Waals surface area contributed by atoms with Crippen LogP contribution in [0.15, 0.2) is 40.9 Å². The summed E-state index contributed by atoms with van der Waals surface area (Å²) in [5, 5.41) is 2.71. The van der Waals surface area contributed by atoms with Crippen molar-refractivity contribution in [2.24, 2.45) is 0 Å². The SMILES string of the molecule is COC(=O)C(NC(=O)Cc1cc(OC)c(OC)c(OC)c1)c1ccc(Br)cc1. The highest BCUT2D eigenvalue weighted by molar-refractivity contribution is 9.10. The van der Waals surface area contributed by atoms with E-state index < -0.39 is 12.0 Å². The maximum Gasteiger partial charge on any atom is 0.333 e. The molecule has 0 aromatic heterocycles. The Balaban J connectivity index is 2.23. The molecule has 0 saturated carbocycles. The summed E-state index contributed by atoms with van der Waals surface area (Å²) < 4.78 is 21.6. The Hall–Kier alpha value is -2.74. The second-order valence-corrected chi connectivity index (χ2v) is 6.70. The minimum absolute atomic E-state index is 0.0146. The van der Waals surface area contributed by atoms with Crippen molar-refractivity contribution >= 4 is 27.8 Å². The van der Waals surface area contributed by atoms with Gasteiger partial charge in [0, 0.05) is 4.47 Å². The summed E-state index contributed by atoms with van der Waals surface area (Å²) in [5.74, 6) is 0.425. The van der Waals surface area contributed by atoms with Crippen molar-refractivity contribution in [3.8, 4) is 17.2 Å². The van der Waals surface area contributed by atoms with Crippen LogP contribution < -0.4 is 19.5 Å². The van der Waals surface area contributed by atoms with Gasteiger partial charge in [-0.1, -0.05) is 28.1 Å². The van der Waals surface area contributed by atoms with Crippen molar-refractivity contribution < 1.29 is 28.5 Å². The number of carbonyl (C=O) groups is 2. The average molecular weight is 452 g/mol. The highest BCUT2D eigenvalue weighted by atomic mass is 79.9. The highest BCUT2D eigenvalue weighted by Gasteiger charge is 2.24. The number of rotatable bonds is 8. The first-order chi connectivity index (χ1) is 13.4. The fraction of sp³-hybridized carbons (Fsp3) is 0.300. The minimum Gasteiger partial charge on any atom is -0.493 e. The number of ether oxygens (including phenoxy) is 4. The van der Waals surface area contributed by atoms with E-state index in [2.05, 4.69) is 21.2 Å². The topological polar surface area (TPSA) is 83.1 Å². The van der Waals surface area contributed by atoms with Gasteiger partial charge in [-0.3, -0.25) is 4.79 Å². The molecule has 150 valence electrons. The predicted molar refractivity (Wildman–Crippen MR) is 107 cm³/mol. The third-order valence-electron chi connectivity index (χ3n) is 4.03. The van der Waals surface area contributed by atoms with Gasteiger partial charge in [-0.05, 0) is 35.4 Å². The summed E-state index contributed by atoms with van der Waals surface area (Å²) in [6.07, 6.45) is 0.0146. The van der Waals surface area contributed by atoms with Crippen LogP contribution in [0.4, 0.5) is 0 Å². The van der Waals surface area contributed by atoms with Crippen LogP contribution in [0.3, 0.4) is 0 Å². The molecule has 1 unspecified atom stereocenters. The van der Waals surface area contributed by atoms with E-state index in [-0.39, 0.29) is 12.3 Å². The van der Waals surface area contributed by atoms with E-state index in [0.29, 0.717) is 28.4 Å². The zero-order chi connectivity index (χ0) is 20.7. The van der Waals surface area contributed by atoms with Crippen molar-refractivity contribution in [3.63, 3.8) is 0 Å². The molecule has 0 aliphatic rings. The zero-order valence-electron chi connectivity index (χ0n) is 16.1. The standard InChI is InChI=1S/C20H22BrNO6/c1-25-15-9-12(10-16(26-2)19(15)27-3)11-17(23)22-18(20(24)28-4)13-5-7-14(21)8-6-13/h5-10,18H,11H2,1-4H3,(H,22,23). The number of halogens is 1. The van der Waals surface area contributed by atoms with Crippen LogP contribution in [0.5, 0.6) is 17.2 Å². The van der Waals surface area contributed by atoms with E-state index in [1.165, 1.54) is 28.4 Å². The second-order valence-electron chi connectivity index (χ2n) is 5.79. The van der Waals surface area contributed by atoms with Crippen LogP contribution in [0.1, 0.15) is 17.2 Å². The molecule has 0 aliphatic heterocycles. The molecule has 8 heteroatoms. The lowest BCUT2D eigenvalue weighted by Gasteiger charge is -2.18. The fourth-order valence-corrected chi connectivity index (χ4v) is 2.95. The lowest BCUT2D eigenvalue weighted by Crippen LogP contribution is -2.35. The van der Waals surface area contributed by atoms with E-state index in [4.69, 9.17) is 18.9 Å². The average Bonchev–Trinajstić information content (AvgIpc) is 2.71. The molecule has 0 spiro atoms. The lowest BCUT2D eigenvalue weighted by atomic mass is 10.1. The Bertz CT molecular complexity index is 812. The Morgan fingerprint density at radius 1 is 0.964 bits per heavy atom. The van der Waals surface area contributed by atoms with E-state index in [9.17, 15) is 9.59 Å². The first-order valence-corrected chi connectivity index (χ1v) is 9.14. The van der Waals surface area contributed by atoms with Crippen LogP contribution in [0.2, 0.25) is 0 Å². The normalized spacial score (nSPS) is 11.3. The number of hydrogen-bond acceptors (Lipinski definition) is 6. The first-order valence-electron chi connectivity index (χ1n) is 8.35. The van der Waals surface area contributed by atoms with E-state index in [1.54, 1.807) is 36.4 Å². The van der Waals surface area contributed by atoms with Crippen molar-refractivity contribution in [3.05, 3.63) is 52.0 Å². The summed E-state index contributed by atoms with van der Waals surface area (Å²) in [6, 6.07) is 9.53. The second kappa shape index (κ2) is 9.98. The smallest absolute Gasteiger partial charge is 0.333 e. The summed E-state index contributed by atoms with van der Waals surface area (Å²) in [5.41, 5.74) is 1.26. The highest BCUT2D eigenvalue weighted by Crippen LogP contribution is 2.38. The number of benzene rings is 2. The van der Waals surface area contributed by atoms with E-state index >= 15 is 0 Å². The molecule has 1 N–H and O–H groups in total. The number of esters is 1. The molecule has 2 aromatic rings. The Kier molecular flexibility index (Phi) is 7.69. The molecule has 1 atom stereocenters. The summed E-state index contributed by atoms with van der Waals surface area (Å²) in [4.78, 5) is 24.8. The molecule has 0 bridgehead atoms. The van der Waals surface area contributed by atoms with Gasteiger partial charge in [0.05, 0.1) is 34.9 Å². The monoisotopic (exact) mass is 451 g/mol. The molecule has 0 fully saturated rings. The van der Waals surface area contributed by atoms with Gasteiger partial charge in [-0.25, -0.2) is 4.79 Å². The Labute approximate surface area is 172 Å². The Morgan fingerprint density at radius 3 is 2.00 bits per heavy atom. The molecular weight excluding hydrogens is 430 g/mol. The molecular formula is C20H22BrNO6. The molecule has 0 saturated heterocycles. The Morgan fingerprint density at radius 2 is 1.54 bits per heavy atom. The maximum absolute atomic E-state index is 12.6. The minimum atomic E-state index is -0.910. The van der Waals surface area contributed by atoms with Crippen LogP contribution in [0.25, 0.3) is 0 Å². The van der Waals surface area contributed by atoms with Crippen LogP contribution in [-0.4, -0.2) is 40.3 Å². The summed E-state index contributed by atoms with van der Waals surface area (Å²) >= 11 is 3.35. The zero-order valence-corrected chi connectivity index (χ0v) is 17.7. The van der Waals surface area contributed by atoms with Gasteiger partial charge in [0.25, 0.3) is 0 Å². The van der Waals surface area contributed by atoms with Crippen molar-refractivity contribution in [2.45, 2.75) is 12.5 Å². The van der Waals surface area contributed by atoms with Gasteiger partial charge in [0.2, 0.25) is 11.7 Å². The van der Waals surface area contributed by atoms with E-state index in [0.717, 1.165) is 4.47 Å².